The molecule has 0 aliphatic heterocycles. The summed E-state index contributed by atoms with van der Waals surface area (Å²) in [5, 5.41) is 8.62. The molecule has 0 aromatic heterocycles. The Morgan fingerprint density at radius 2 is 1.50 bits per heavy atom. The van der Waals surface area contributed by atoms with Crippen LogP contribution >= 0.6 is 0 Å². The van der Waals surface area contributed by atoms with E-state index in [0.29, 0.717) is 5.71 Å². The van der Waals surface area contributed by atoms with E-state index in [2.05, 4.69) is 76.2 Å². The van der Waals surface area contributed by atoms with Gasteiger partial charge in [0, 0.05) is 17.0 Å². The summed E-state index contributed by atoms with van der Waals surface area (Å²) in [6.07, 6.45) is 2.28. The summed E-state index contributed by atoms with van der Waals surface area (Å²) in [7, 11) is 0. The molecule has 3 rings (SSSR count). The zero-order chi connectivity index (χ0) is 15.9. The molecular weight excluding hydrogens is 266 g/mol. The SMILES string of the molecule is CC1=Cc2ccccc2C1c1ccccc1C(=N)C(C)(C)C. The molecule has 0 spiro atoms. The van der Waals surface area contributed by atoms with E-state index in [1.54, 1.807) is 0 Å². The van der Waals surface area contributed by atoms with Gasteiger partial charge >= 0.3 is 0 Å². The van der Waals surface area contributed by atoms with Crippen molar-refractivity contribution in [2.24, 2.45) is 5.41 Å². The van der Waals surface area contributed by atoms with E-state index in [1.165, 1.54) is 22.3 Å². The molecule has 2 aromatic rings. The molecule has 1 N–H and O–H groups in total. The number of fused-ring (bicyclic) bond motifs is 1. The van der Waals surface area contributed by atoms with Crippen molar-refractivity contribution >= 4 is 11.8 Å². The van der Waals surface area contributed by atoms with Gasteiger partial charge in [0.15, 0.2) is 0 Å². The minimum atomic E-state index is -0.147. The summed E-state index contributed by atoms with van der Waals surface area (Å²) in [6.45, 7) is 8.52. The average Bonchev–Trinajstić information content (AvgIpc) is 2.81. The third-order valence-electron chi connectivity index (χ3n) is 4.44. The first-order chi connectivity index (χ1) is 10.4. The second-order valence-corrected chi connectivity index (χ2v) is 7.16. The molecule has 1 aliphatic carbocycles. The Hall–Kier alpha value is -2.15. The van der Waals surface area contributed by atoms with Crippen LogP contribution in [-0.2, 0) is 0 Å². The first-order valence-electron chi connectivity index (χ1n) is 7.85. The van der Waals surface area contributed by atoms with Crippen LogP contribution in [-0.4, -0.2) is 5.71 Å². The van der Waals surface area contributed by atoms with Gasteiger partial charge in [-0.15, -0.1) is 0 Å². The van der Waals surface area contributed by atoms with Crippen LogP contribution < -0.4 is 0 Å². The molecule has 0 saturated heterocycles. The second kappa shape index (κ2) is 5.24. The largest absolute Gasteiger partial charge is 0.304 e. The van der Waals surface area contributed by atoms with E-state index >= 15 is 0 Å². The zero-order valence-corrected chi connectivity index (χ0v) is 13.8. The quantitative estimate of drug-likeness (QED) is 0.691. The fraction of sp³-hybridized carbons (Fsp3) is 0.286. The Kier molecular flexibility index (Phi) is 3.52. The monoisotopic (exact) mass is 289 g/mol. The molecule has 1 heteroatoms. The average molecular weight is 289 g/mol. The fourth-order valence-electron chi connectivity index (χ4n) is 3.27. The molecule has 2 aromatic carbocycles. The topological polar surface area (TPSA) is 23.9 Å². The number of nitrogens with one attached hydrogen (secondary N) is 1. The molecule has 0 bridgehead atoms. The summed E-state index contributed by atoms with van der Waals surface area (Å²) < 4.78 is 0. The highest BCUT2D eigenvalue weighted by atomic mass is 14.5. The van der Waals surface area contributed by atoms with Crippen molar-refractivity contribution in [2.75, 3.05) is 0 Å². The standard InChI is InChI=1S/C21H23N/c1-14-13-15-9-5-6-10-16(15)19(14)17-11-7-8-12-18(17)20(22)21(2,3)4/h5-13,19,22H,1-4H3. The van der Waals surface area contributed by atoms with E-state index in [0.717, 1.165) is 5.56 Å². The van der Waals surface area contributed by atoms with Gasteiger partial charge in [-0.3, -0.25) is 0 Å². The maximum Gasteiger partial charge on any atom is 0.0442 e. The number of hydrogen-bond acceptors (Lipinski definition) is 1. The summed E-state index contributed by atoms with van der Waals surface area (Å²) in [6, 6.07) is 17.0. The van der Waals surface area contributed by atoms with Crippen molar-refractivity contribution in [2.45, 2.75) is 33.6 Å². The summed E-state index contributed by atoms with van der Waals surface area (Å²) >= 11 is 0. The molecule has 0 fully saturated rings. The lowest BCUT2D eigenvalue weighted by atomic mass is 9.79. The van der Waals surface area contributed by atoms with Crippen molar-refractivity contribution in [1.29, 1.82) is 5.41 Å². The highest BCUT2D eigenvalue weighted by Crippen LogP contribution is 2.42. The summed E-state index contributed by atoms with van der Waals surface area (Å²) in [5.74, 6) is 0.273. The molecule has 1 unspecified atom stereocenters. The van der Waals surface area contributed by atoms with Crippen LogP contribution in [0.4, 0.5) is 0 Å². The van der Waals surface area contributed by atoms with Crippen molar-refractivity contribution < 1.29 is 0 Å². The van der Waals surface area contributed by atoms with Crippen LogP contribution in [0.2, 0.25) is 0 Å². The van der Waals surface area contributed by atoms with E-state index in [4.69, 9.17) is 5.41 Å². The molecule has 0 saturated carbocycles. The van der Waals surface area contributed by atoms with Gasteiger partial charge in [0.1, 0.15) is 0 Å². The van der Waals surface area contributed by atoms with E-state index < -0.39 is 0 Å². The van der Waals surface area contributed by atoms with Gasteiger partial charge in [0.05, 0.1) is 0 Å². The molecule has 22 heavy (non-hydrogen) atoms. The highest BCUT2D eigenvalue weighted by molar-refractivity contribution is 6.03. The smallest absolute Gasteiger partial charge is 0.0442 e. The van der Waals surface area contributed by atoms with E-state index in [1.807, 2.05) is 6.07 Å². The summed E-state index contributed by atoms with van der Waals surface area (Å²) in [5.41, 5.74) is 6.91. The lowest BCUT2D eigenvalue weighted by molar-refractivity contribution is 0.588. The van der Waals surface area contributed by atoms with Crippen LogP contribution in [0.15, 0.2) is 54.1 Å². The van der Waals surface area contributed by atoms with Crippen molar-refractivity contribution in [3.63, 3.8) is 0 Å². The third kappa shape index (κ3) is 2.41. The minimum absolute atomic E-state index is 0.147. The normalized spacial score (nSPS) is 17.1. The first kappa shape index (κ1) is 14.8. The van der Waals surface area contributed by atoms with Crippen LogP contribution in [0.1, 0.15) is 55.9 Å². The number of benzene rings is 2. The van der Waals surface area contributed by atoms with Gasteiger partial charge in [0.25, 0.3) is 0 Å². The molecular formula is C21H23N. The molecule has 0 radical (unpaired) electrons. The highest BCUT2D eigenvalue weighted by Gasteiger charge is 2.29. The molecule has 0 heterocycles. The maximum absolute atomic E-state index is 8.62. The number of hydrogen-bond donors (Lipinski definition) is 1. The Morgan fingerprint density at radius 1 is 0.909 bits per heavy atom. The van der Waals surface area contributed by atoms with Gasteiger partial charge < -0.3 is 5.41 Å². The first-order valence-corrected chi connectivity index (χ1v) is 7.85. The van der Waals surface area contributed by atoms with Crippen LogP contribution in [0.3, 0.4) is 0 Å². The Labute approximate surface area is 133 Å². The molecule has 1 nitrogen and oxygen atoms in total. The third-order valence-corrected chi connectivity index (χ3v) is 4.44. The van der Waals surface area contributed by atoms with E-state index in [9.17, 15) is 0 Å². The zero-order valence-electron chi connectivity index (χ0n) is 13.8. The Morgan fingerprint density at radius 3 is 2.18 bits per heavy atom. The molecule has 1 aliphatic rings. The fourth-order valence-corrected chi connectivity index (χ4v) is 3.27. The van der Waals surface area contributed by atoms with Gasteiger partial charge in [0.2, 0.25) is 0 Å². The Bertz CT molecular complexity index is 759. The maximum atomic E-state index is 8.62. The lowest BCUT2D eigenvalue weighted by Gasteiger charge is -2.25. The van der Waals surface area contributed by atoms with Gasteiger partial charge in [-0.25, -0.2) is 0 Å². The minimum Gasteiger partial charge on any atom is -0.304 e. The van der Waals surface area contributed by atoms with Gasteiger partial charge in [-0.1, -0.05) is 81.0 Å². The lowest BCUT2D eigenvalue weighted by Crippen LogP contribution is -2.22. The van der Waals surface area contributed by atoms with Crippen molar-refractivity contribution in [1.82, 2.24) is 0 Å². The predicted molar refractivity (Wildman–Crippen MR) is 94.7 cm³/mol. The second-order valence-electron chi connectivity index (χ2n) is 7.16. The summed E-state index contributed by atoms with van der Waals surface area (Å²) in [4.78, 5) is 0. The Balaban J connectivity index is 2.15. The van der Waals surface area contributed by atoms with Crippen molar-refractivity contribution in [3.8, 4) is 0 Å². The van der Waals surface area contributed by atoms with E-state index in [-0.39, 0.29) is 11.3 Å². The van der Waals surface area contributed by atoms with Crippen LogP contribution in [0.5, 0.6) is 0 Å². The van der Waals surface area contributed by atoms with Gasteiger partial charge in [-0.2, -0.15) is 0 Å². The molecule has 0 amide bonds. The number of allylic oxidation sites excluding steroid dienone is 1. The number of rotatable bonds is 2. The predicted octanol–water partition coefficient (Wildman–Crippen LogP) is 5.65. The van der Waals surface area contributed by atoms with Gasteiger partial charge in [-0.05, 0) is 29.2 Å². The molecule has 1 atom stereocenters. The molecule has 112 valence electrons. The van der Waals surface area contributed by atoms with Crippen LogP contribution in [0.25, 0.3) is 6.08 Å². The van der Waals surface area contributed by atoms with Crippen molar-refractivity contribution in [3.05, 3.63) is 76.4 Å². The van der Waals surface area contributed by atoms with Crippen LogP contribution in [0, 0.1) is 10.8 Å².